The number of halogens is 1. The van der Waals surface area contributed by atoms with Crippen LogP contribution >= 0.6 is 12.4 Å². The van der Waals surface area contributed by atoms with E-state index in [0.29, 0.717) is 18.9 Å². The first-order valence-electron chi connectivity index (χ1n) is 8.12. The number of nitrogens with zero attached hydrogens (tertiary/aromatic N) is 1. The quantitative estimate of drug-likeness (QED) is 0.918. The molecule has 0 saturated heterocycles. The molecule has 1 aromatic heterocycles. The van der Waals surface area contributed by atoms with Crippen LogP contribution in [0.25, 0.3) is 10.9 Å². The van der Waals surface area contributed by atoms with E-state index in [9.17, 15) is 4.79 Å². The van der Waals surface area contributed by atoms with Gasteiger partial charge < -0.3 is 5.73 Å². The lowest BCUT2D eigenvalue weighted by Crippen LogP contribution is -2.17. The predicted octanol–water partition coefficient (Wildman–Crippen LogP) is 4.17. The van der Waals surface area contributed by atoms with Crippen molar-refractivity contribution in [1.29, 1.82) is 0 Å². The Kier molecular flexibility index (Phi) is 6.04. The van der Waals surface area contributed by atoms with Gasteiger partial charge in [-0.1, -0.05) is 37.5 Å². The summed E-state index contributed by atoms with van der Waals surface area (Å²) in [6.45, 7) is 0.616. The molecule has 2 N–H and O–H groups in total. The maximum absolute atomic E-state index is 12.7. The zero-order chi connectivity index (χ0) is 14.7. The third-order valence-electron chi connectivity index (χ3n) is 4.66. The zero-order valence-electron chi connectivity index (χ0n) is 13.0. The van der Waals surface area contributed by atoms with Gasteiger partial charge in [-0.3, -0.25) is 9.36 Å². The van der Waals surface area contributed by atoms with Gasteiger partial charge in [-0.2, -0.15) is 0 Å². The van der Waals surface area contributed by atoms with Gasteiger partial charge in [0.25, 0.3) is 0 Å². The summed E-state index contributed by atoms with van der Waals surface area (Å²) in [5.41, 5.74) is 7.91. The van der Waals surface area contributed by atoms with Crippen LogP contribution in [-0.2, 0) is 6.42 Å². The summed E-state index contributed by atoms with van der Waals surface area (Å²) in [4.78, 5) is 12.7. The van der Waals surface area contributed by atoms with E-state index in [4.69, 9.17) is 5.73 Å². The molecule has 1 aliphatic carbocycles. The first-order valence-corrected chi connectivity index (χ1v) is 8.12. The van der Waals surface area contributed by atoms with Crippen molar-refractivity contribution in [3.05, 3.63) is 36.0 Å². The van der Waals surface area contributed by atoms with E-state index < -0.39 is 0 Å². The molecule has 0 spiro atoms. The Labute approximate surface area is 138 Å². The molecule has 3 rings (SSSR count). The first-order chi connectivity index (χ1) is 10.3. The fourth-order valence-electron chi connectivity index (χ4n) is 3.55. The second-order valence-electron chi connectivity index (χ2n) is 6.18. The Morgan fingerprint density at radius 3 is 2.64 bits per heavy atom. The minimum Gasteiger partial charge on any atom is -0.330 e. The van der Waals surface area contributed by atoms with Gasteiger partial charge in [-0.15, -0.1) is 12.4 Å². The predicted molar refractivity (Wildman–Crippen MR) is 93.8 cm³/mol. The second-order valence-corrected chi connectivity index (χ2v) is 6.18. The van der Waals surface area contributed by atoms with Crippen molar-refractivity contribution in [3.8, 4) is 0 Å². The average molecular weight is 321 g/mol. The van der Waals surface area contributed by atoms with Crippen LogP contribution in [0.5, 0.6) is 0 Å². The summed E-state index contributed by atoms with van der Waals surface area (Å²) >= 11 is 0. The summed E-state index contributed by atoms with van der Waals surface area (Å²) < 4.78 is 1.86. The molecule has 4 heteroatoms. The van der Waals surface area contributed by atoms with Crippen LogP contribution in [0.3, 0.4) is 0 Å². The fraction of sp³-hybridized carbons (Fsp3) is 0.500. The van der Waals surface area contributed by atoms with Crippen LogP contribution in [-0.4, -0.2) is 17.0 Å². The van der Waals surface area contributed by atoms with Crippen LogP contribution in [0.4, 0.5) is 0 Å². The van der Waals surface area contributed by atoms with Crippen LogP contribution in [0.2, 0.25) is 0 Å². The molecule has 120 valence electrons. The Morgan fingerprint density at radius 1 is 1.18 bits per heavy atom. The number of rotatable bonds is 4. The van der Waals surface area contributed by atoms with Crippen molar-refractivity contribution in [2.45, 2.75) is 44.9 Å². The highest BCUT2D eigenvalue weighted by Gasteiger charge is 2.19. The minimum absolute atomic E-state index is 0. The van der Waals surface area contributed by atoms with Crippen molar-refractivity contribution in [1.82, 2.24) is 4.57 Å². The average Bonchev–Trinajstić information content (AvgIpc) is 2.88. The van der Waals surface area contributed by atoms with Crippen LogP contribution < -0.4 is 5.73 Å². The number of fused-ring (bicyclic) bond motifs is 1. The number of nitrogens with two attached hydrogens (primary N) is 1. The molecule has 1 saturated carbocycles. The molecule has 1 fully saturated rings. The molecular weight excluding hydrogens is 296 g/mol. The van der Waals surface area contributed by atoms with E-state index >= 15 is 0 Å². The third kappa shape index (κ3) is 3.53. The van der Waals surface area contributed by atoms with E-state index in [2.05, 4.69) is 6.07 Å². The lowest BCUT2D eigenvalue weighted by molar-refractivity contribution is 0.0873. The SMILES string of the molecule is Cl.NCCc1cn(C(=O)CC2CCCCC2)c2ccccc12. The highest BCUT2D eigenvalue weighted by Crippen LogP contribution is 2.28. The van der Waals surface area contributed by atoms with Gasteiger partial charge in [0.1, 0.15) is 0 Å². The molecule has 0 amide bonds. The number of para-hydroxylation sites is 1. The van der Waals surface area contributed by atoms with E-state index in [0.717, 1.165) is 11.9 Å². The van der Waals surface area contributed by atoms with E-state index in [1.54, 1.807) is 0 Å². The highest BCUT2D eigenvalue weighted by atomic mass is 35.5. The first kappa shape index (κ1) is 17.0. The summed E-state index contributed by atoms with van der Waals surface area (Å²) in [6.07, 6.45) is 9.82. The number of benzene rings is 1. The van der Waals surface area contributed by atoms with E-state index in [-0.39, 0.29) is 18.3 Å². The number of hydrogen-bond acceptors (Lipinski definition) is 2. The van der Waals surface area contributed by atoms with Gasteiger partial charge in [0.2, 0.25) is 5.91 Å². The van der Waals surface area contributed by atoms with Crippen molar-refractivity contribution >= 4 is 29.2 Å². The summed E-state index contributed by atoms with van der Waals surface area (Å²) in [6, 6.07) is 8.15. The van der Waals surface area contributed by atoms with Crippen LogP contribution in [0.1, 0.15) is 48.9 Å². The molecule has 2 aromatic rings. The molecular formula is C18H25ClN2O. The molecule has 0 bridgehead atoms. The maximum atomic E-state index is 12.7. The third-order valence-corrected chi connectivity index (χ3v) is 4.66. The second kappa shape index (κ2) is 7.80. The number of hydrogen-bond donors (Lipinski definition) is 1. The van der Waals surface area contributed by atoms with E-state index in [1.807, 2.05) is 29.0 Å². The van der Waals surface area contributed by atoms with Gasteiger partial charge in [-0.05, 0) is 43.4 Å². The van der Waals surface area contributed by atoms with Crippen molar-refractivity contribution < 1.29 is 4.79 Å². The van der Waals surface area contributed by atoms with Crippen molar-refractivity contribution in [2.75, 3.05) is 6.54 Å². The molecule has 1 aromatic carbocycles. The van der Waals surface area contributed by atoms with E-state index in [1.165, 1.54) is 43.1 Å². The molecule has 0 unspecified atom stereocenters. The number of carbonyl (C=O) groups excluding carboxylic acids is 1. The minimum atomic E-state index is 0. The number of carbonyl (C=O) groups is 1. The largest absolute Gasteiger partial charge is 0.330 e. The lowest BCUT2D eigenvalue weighted by atomic mass is 9.87. The Morgan fingerprint density at radius 2 is 1.91 bits per heavy atom. The standard InChI is InChI=1S/C18H24N2O.ClH/c19-11-10-15-13-20(17-9-5-4-8-16(15)17)18(21)12-14-6-2-1-3-7-14;/h4-5,8-9,13-14H,1-3,6-7,10-12,19H2;1H. The number of aromatic nitrogens is 1. The topological polar surface area (TPSA) is 48.0 Å². The van der Waals surface area contributed by atoms with Crippen LogP contribution in [0, 0.1) is 5.92 Å². The Balaban J connectivity index is 0.00000176. The van der Waals surface area contributed by atoms with Crippen LogP contribution in [0.15, 0.2) is 30.5 Å². The molecule has 1 heterocycles. The highest BCUT2D eigenvalue weighted by molar-refractivity contribution is 5.94. The van der Waals surface area contributed by atoms with Gasteiger partial charge in [-0.25, -0.2) is 0 Å². The van der Waals surface area contributed by atoms with Crippen molar-refractivity contribution in [2.24, 2.45) is 11.7 Å². The van der Waals surface area contributed by atoms with Crippen molar-refractivity contribution in [3.63, 3.8) is 0 Å². The zero-order valence-corrected chi connectivity index (χ0v) is 13.8. The summed E-state index contributed by atoms with van der Waals surface area (Å²) in [7, 11) is 0. The Hall–Kier alpha value is -1.32. The monoisotopic (exact) mass is 320 g/mol. The Bertz CT molecular complexity index is 629. The van der Waals surface area contributed by atoms with Gasteiger partial charge >= 0.3 is 0 Å². The molecule has 1 aliphatic rings. The van der Waals surface area contributed by atoms with Gasteiger partial charge in [0.05, 0.1) is 5.52 Å². The normalized spacial score (nSPS) is 15.7. The molecule has 22 heavy (non-hydrogen) atoms. The molecule has 3 nitrogen and oxygen atoms in total. The molecule has 0 aliphatic heterocycles. The summed E-state index contributed by atoms with van der Waals surface area (Å²) in [5, 5.41) is 1.17. The van der Waals surface area contributed by atoms with Gasteiger partial charge in [0, 0.05) is 18.0 Å². The summed E-state index contributed by atoms with van der Waals surface area (Å²) in [5.74, 6) is 0.812. The fourth-order valence-corrected chi connectivity index (χ4v) is 3.55. The smallest absolute Gasteiger partial charge is 0.231 e. The lowest BCUT2D eigenvalue weighted by Gasteiger charge is -2.20. The molecule has 0 atom stereocenters. The maximum Gasteiger partial charge on any atom is 0.231 e. The van der Waals surface area contributed by atoms with Gasteiger partial charge in [0.15, 0.2) is 0 Å². The molecule has 0 radical (unpaired) electrons.